The van der Waals surface area contributed by atoms with Crippen LogP contribution in [-0.4, -0.2) is 29.5 Å². The first kappa shape index (κ1) is 13.5. The molecule has 4 heteroatoms. The van der Waals surface area contributed by atoms with Gasteiger partial charge >= 0.3 is 0 Å². The maximum Gasteiger partial charge on any atom is 0.238 e. The summed E-state index contributed by atoms with van der Waals surface area (Å²) in [6.07, 6.45) is 4.37. The van der Waals surface area contributed by atoms with Crippen molar-refractivity contribution in [2.24, 2.45) is 11.7 Å². The number of piperidine rings is 1. The standard InChI is InChI=1S/C12H25N3O/c1-4-11(8-13)12(16)14-15-9(2)6-5-7-10(15)3/h9-11H,4-8,13H2,1-3H3,(H,14,16). The summed E-state index contributed by atoms with van der Waals surface area (Å²) in [7, 11) is 0. The second kappa shape index (κ2) is 6.21. The van der Waals surface area contributed by atoms with Crippen molar-refractivity contribution in [3.05, 3.63) is 0 Å². The Kier molecular flexibility index (Phi) is 5.22. The molecule has 1 amide bonds. The van der Waals surface area contributed by atoms with E-state index in [4.69, 9.17) is 5.73 Å². The third kappa shape index (κ3) is 3.19. The summed E-state index contributed by atoms with van der Waals surface area (Å²) in [5, 5.41) is 2.10. The molecule has 3 atom stereocenters. The monoisotopic (exact) mass is 227 g/mol. The van der Waals surface area contributed by atoms with E-state index < -0.39 is 0 Å². The molecule has 1 aliphatic rings. The van der Waals surface area contributed by atoms with Crippen molar-refractivity contribution in [1.29, 1.82) is 0 Å². The minimum atomic E-state index is -0.0543. The zero-order chi connectivity index (χ0) is 12.1. The Morgan fingerprint density at radius 3 is 2.44 bits per heavy atom. The van der Waals surface area contributed by atoms with Gasteiger partial charge in [-0.2, -0.15) is 0 Å². The summed E-state index contributed by atoms with van der Waals surface area (Å²) in [4.78, 5) is 11.9. The maximum atomic E-state index is 11.9. The number of nitrogens with one attached hydrogen (secondary N) is 1. The van der Waals surface area contributed by atoms with Crippen molar-refractivity contribution in [3.63, 3.8) is 0 Å². The number of amides is 1. The van der Waals surface area contributed by atoms with Crippen molar-refractivity contribution < 1.29 is 4.79 Å². The summed E-state index contributed by atoms with van der Waals surface area (Å²) >= 11 is 0. The second-order valence-electron chi connectivity index (χ2n) is 4.85. The van der Waals surface area contributed by atoms with Crippen LogP contribution in [0.2, 0.25) is 0 Å². The molecule has 0 radical (unpaired) electrons. The van der Waals surface area contributed by atoms with Gasteiger partial charge in [-0.25, -0.2) is 5.01 Å². The highest BCUT2D eigenvalue weighted by molar-refractivity contribution is 5.78. The summed E-state index contributed by atoms with van der Waals surface area (Å²) < 4.78 is 0. The molecular weight excluding hydrogens is 202 g/mol. The lowest BCUT2D eigenvalue weighted by molar-refractivity contribution is -0.133. The molecule has 0 aliphatic carbocycles. The number of hydrogen-bond donors (Lipinski definition) is 2. The van der Waals surface area contributed by atoms with Crippen LogP contribution >= 0.6 is 0 Å². The Morgan fingerprint density at radius 2 is 2.00 bits per heavy atom. The molecular formula is C12H25N3O. The van der Waals surface area contributed by atoms with Crippen molar-refractivity contribution in [2.45, 2.75) is 58.5 Å². The maximum absolute atomic E-state index is 11.9. The van der Waals surface area contributed by atoms with Crippen LogP contribution in [0.25, 0.3) is 0 Å². The van der Waals surface area contributed by atoms with Gasteiger partial charge in [0.1, 0.15) is 0 Å². The SMILES string of the molecule is CCC(CN)C(=O)NN1C(C)CCCC1C. The molecule has 0 saturated carbocycles. The summed E-state index contributed by atoms with van der Waals surface area (Å²) in [5.74, 6) is 0.0203. The van der Waals surface area contributed by atoms with E-state index in [1.165, 1.54) is 6.42 Å². The molecule has 4 nitrogen and oxygen atoms in total. The number of hydrogen-bond acceptors (Lipinski definition) is 3. The lowest BCUT2D eigenvalue weighted by Gasteiger charge is -2.39. The van der Waals surface area contributed by atoms with Gasteiger partial charge in [-0.05, 0) is 33.1 Å². The molecule has 0 aromatic rings. The summed E-state index contributed by atoms with van der Waals surface area (Å²) in [6.45, 7) is 6.76. The van der Waals surface area contributed by atoms with Gasteiger partial charge < -0.3 is 5.73 Å². The predicted octanol–water partition coefficient (Wildman–Crippen LogP) is 1.27. The lowest BCUT2D eigenvalue weighted by atomic mass is 9.99. The Balaban J connectivity index is 2.53. The zero-order valence-electron chi connectivity index (χ0n) is 10.7. The average Bonchev–Trinajstić information content (AvgIpc) is 2.25. The van der Waals surface area contributed by atoms with Crippen LogP contribution in [0, 0.1) is 5.92 Å². The van der Waals surface area contributed by atoms with Crippen molar-refractivity contribution in [1.82, 2.24) is 10.4 Å². The Labute approximate surface area is 98.5 Å². The number of nitrogens with zero attached hydrogens (tertiary/aromatic N) is 1. The van der Waals surface area contributed by atoms with Gasteiger partial charge in [0.2, 0.25) is 5.91 Å². The van der Waals surface area contributed by atoms with E-state index in [9.17, 15) is 4.79 Å². The van der Waals surface area contributed by atoms with E-state index in [0.29, 0.717) is 18.6 Å². The van der Waals surface area contributed by atoms with E-state index >= 15 is 0 Å². The van der Waals surface area contributed by atoms with Crippen LogP contribution < -0.4 is 11.2 Å². The summed E-state index contributed by atoms with van der Waals surface area (Å²) in [6, 6.07) is 0.867. The molecule has 0 spiro atoms. The number of carbonyl (C=O) groups excluding carboxylic acids is 1. The van der Waals surface area contributed by atoms with Crippen molar-refractivity contribution in [3.8, 4) is 0 Å². The van der Waals surface area contributed by atoms with E-state index in [-0.39, 0.29) is 11.8 Å². The third-order valence-corrected chi connectivity index (χ3v) is 3.58. The van der Waals surface area contributed by atoms with Crippen molar-refractivity contribution in [2.75, 3.05) is 6.54 Å². The topological polar surface area (TPSA) is 58.4 Å². The molecule has 1 aliphatic heterocycles. The van der Waals surface area contributed by atoms with E-state index in [1.54, 1.807) is 0 Å². The number of carbonyl (C=O) groups is 1. The number of hydrazine groups is 1. The fraction of sp³-hybridized carbons (Fsp3) is 0.917. The molecule has 1 rings (SSSR count). The van der Waals surface area contributed by atoms with Gasteiger partial charge in [-0.1, -0.05) is 13.3 Å². The van der Waals surface area contributed by atoms with Gasteiger partial charge in [-0.15, -0.1) is 0 Å². The van der Waals surface area contributed by atoms with E-state index in [1.807, 2.05) is 6.92 Å². The fourth-order valence-electron chi connectivity index (χ4n) is 2.32. The minimum Gasteiger partial charge on any atom is -0.330 e. The van der Waals surface area contributed by atoms with E-state index in [0.717, 1.165) is 19.3 Å². The highest BCUT2D eigenvalue weighted by atomic mass is 16.2. The van der Waals surface area contributed by atoms with Crippen LogP contribution in [0.5, 0.6) is 0 Å². The number of nitrogens with two attached hydrogens (primary N) is 1. The molecule has 3 N–H and O–H groups in total. The van der Waals surface area contributed by atoms with E-state index in [2.05, 4.69) is 24.3 Å². The first-order valence-electron chi connectivity index (χ1n) is 6.39. The van der Waals surface area contributed by atoms with Gasteiger partial charge in [0.05, 0.1) is 5.92 Å². The minimum absolute atomic E-state index is 0.0543. The zero-order valence-corrected chi connectivity index (χ0v) is 10.7. The molecule has 1 fully saturated rings. The van der Waals surface area contributed by atoms with Gasteiger partial charge in [0.15, 0.2) is 0 Å². The molecule has 0 aromatic heterocycles. The average molecular weight is 227 g/mol. The molecule has 94 valence electrons. The van der Waals surface area contributed by atoms with Crippen LogP contribution in [0.1, 0.15) is 46.5 Å². The molecule has 3 unspecified atom stereocenters. The van der Waals surface area contributed by atoms with Gasteiger partial charge in [0, 0.05) is 18.6 Å². The Bertz CT molecular complexity index is 218. The molecule has 1 heterocycles. The first-order chi connectivity index (χ1) is 7.60. The third-order valence-electron chi connectivity index (χ3n) is 3.58. The van der Waals surface area contributed by atoms with Gasteiger partial charge in [-0.3, -0.25) is 10.2 Å². The molecule has 16 heavy (non-hydrogen) atoms. The Morgan fingerprint density at radius 1 is 1.44 bits per heavy atom. The van der Waals surface area contributed by atoms with Crippen molar-refractivity contribution >= 4 is 5.91 Å². The molecule has 0 bridgehead atoms. The van der Waals surface area contributed by atoms with Crippen LogP contribution in [-0.2, 0) is 4.79 Å². The quantitative estimate of drug-likeness (QED) is 0.760. The fourth-order valence-corrected chi connectivity index (χ4v) is 2.32. The van der Waals surface area contributed by atoms with Crippen LogP contribution in [0.15, 0.2) is 0 Å². The smallest absolute Gasteiger partial charge is 0.238 e. The highest BCUT2D eigenvalue weighted by Gasteiger charge is 2.27. The van der Waals surface area contributed by atoms with Crippen LogP contribution in [0.4, 0.5) is 0 Å². The molecule has 0 aromatic carbocycles. The normalized spacial score (nSPS) is 28.8. The van der Waals surface area contributed by atoms with Gasteiger partial charge in [0.25, 0.3) is 0 Å². The number of rotatable bonds is 4. The van der Waals surface area contributed by atoms with Crippen LogP contribution in [0.3, 0.4) is 0 Å². The second-order valence-corrected chi connectivity index (χ2v) is 4.85. The Hall–Kier alpha value is -0.610. The summed E-state index contributed by atoms with van der Waals surface area (Å²) in [5.41, 5.74) is 8.61. The highest BCUT2D eigenvalue weighted by Crippen LogP contribution is 2.20. The predicted molar refractivity (Wildman–Crippen MR) is 65.6 cm³/mol. The largest absolute Gasteiger partial charge is 0.330 e. The lowest BCUT2D eigenvalue weighted by Crippen LogP contribution is -2.55. The first-order valence-corrected chi connectivity index (χ1v) is 6.39. The molecule has 1 saturated heterocycles.